The molecule has 0 saturated heterocycles. The summed E-state index contributed by atoms with van der Waals surface area (Å²) in [5, 5.41) is 2.40. The van der Waals surface area contributed by atoms with E-state index in [-0.39, 0.29) is 23.1 Å². The Morgan fingerprint density at radius 3 is 2.75 bits per heavy atom. The van der Waals surface area contributed by atoms with E-state index >= 15 is 0 Å². The van der Waals surface area contributed by atoms with E-state index in [1.54, 1.807) is 0 Å². The number of carbonyl (C=O) groups is 2. The first kappa shape index (κ1) is 8.45. The molecule has 5 nitrogen and oxygen atoms in total. The maximum Gasteiger partial charge on any atom is 0.269 e. The van der Waals surface area contributed by atoms with Gasteiger partial charge in [-0.05, 0) is 0 Å². The molecule has 0 unspecified atom stereocenters. The summed E-state index contributed by atoms with van der Waals surface area (Å²) in [5.41, 5.74) is 0.388. The van der Waals surface area contributed by atoms with Crippen LogP contribution >= 0.6 is 0 Å². The molecule has 1 aromatic heterocycles. The van der Waals surface area contributed by atoms with Gasteiger partial charge in [0.05, 0.1) is 6.33 Å². The molecule has 64 valence electrons. The van der Waals surface area contributed by atoms with Crippen molar-refractivity contribution in [2.75, 3.05) is 7.05 Å². The van der Waals surface area contributed by atoms with Gasteiger partial charge in [-0.15, -0.1) is 0 Å². The van der Waals surface area contributed by atoms with Gasteiger partial charge < -0.3 is 10.3 Å². The molecule has 1 heterocycles. The number of nitrogens with one attached hydrogen (secondary N) is 2. The average Bonchev–Trinajstić information content (AvgIpc) is 2.50. The molecule has 0 aromatic carbocycles. The van der Waals surface area contributed by atoms with E-state index in [1.807, 2.05) is 0 Å². The Labute approximate surface area is 69.2 Å². The lowest BCUT2D eigenvalue weighted by Crippen LogP contribution is -2.20. The molecule has 0 fully saturated rings. The standard InChI is InChI=1S/C7H9N3O2/c1-4(11)5-6(7(12)8-2)10-3-9-5/h3H,1-2H3,(H,8,12)(H,9,10). The predicted molar refractivity (Wildman–Crippen MR) is 42.0 cm³/mol. The van der Waals surface area contributed by atoms with Gasteiger partial charge >= 0.3 is 0 Å². The van der Waals surface area contributed by atoms with Gasteiger partial charge in [0.25, 0.3) is 5.91 Å². The summed E-state index contributed by atoms with van der Waals surface area (Å²) >= 11 is 0. The molecule has 0 saturated carbocycles. The molecule has 0 bridgehead atoms. The van der Waals surface area contributed by atoms with Gasteiger partial charge in [-0.2, -0.15) is 0 Å². The molecular weight excluding hydrogens is 158 g/mol. The Hall–Kier alpha value is -1.65. The number of H-pyrrole nitrogens is 1. The molecular formula is C7H9N3O2. The first-order valence-electron chi connectivity index (χ1n) is 3.43. The summed E-state index contributed by atoms with van der Waals surface area (Å²) in [6.45, 7) is 1.36. The molecule has 0 aliphatic carbocycles. The number of hydrogen-bond acceptors (Lipinski definition) is 3. The minimum absolute atomic E-state index is 0.175. The molecule has 0 spiro atoms. The number of rotatable bonds is 2. The maximum absolute atomic E-state index is 11.1. The van der Waals surface area contributed by atoms with Gasteiger partial charge in [-0.1, -0.05) is 0 Å². The van der Waals surface area contributed by atoms with Crippen molar-refractivity contribution >= 4 is 11.7 Å². The summed E-state index contributed by atoms with van der Waals surface area (Å²) in [6.07, 6.45) is 1.32. The molecule has 12 heavy (non-hydrogen) atoms. The zero-order valence-corrected chi connectivity index (χ0v) is 6.84. The Morgan fingerprint density at radius 2 is 2.25 bits per heavy atom. The zero-order valence-electron chi connectivity index (χ0n) is 6.84. The van der Waals surface area contributed by atoms with Crippen molar-refractivity contribution in [1.29, 1.82) is 0 Å². The van der Waals surface area contributed by atoms with E-state index in [0.717, 1.165) is 0 Å². The van der Waals surface area contributed by atoms with Crippen LogP contribution in [0, 0.1) is 0 Å². The smallest absolute Gasteiger partial charge is 0.269 e. The number of nitrogens with zero attached hydrogens (tertiary/aromatic N) is 1. The van der Waals surface area contributed by atoms with Crippen LogP contribution in [-0.2, 0) is 0 Å². The predicted octanol–water partition coefficient (Wildman–Crippen LogP) is -0.0281. The summed E-state index contributed by atoms with van der Waals surface area (Å²) in [6, 6.07) is 0. The van der Waals surface area contributed by atoms with Crippen molar-refractivity contribution in [3.05, 3.63) is 17.7 Å². The monoisotopic (exact) mass is 167 g/mol. The second-order valence-electron chi connectivity index (χ2n) is 2.26. The highest BCUT2D eigenvalue weighted by Crippen LogP contribution is 2.02. The molecule has 1 aromatic rings. The number of imidazole rings is 1. The van der Waals surface area contributed by atoms with Crippen LogP contribution in [0.25, 0.3) is 0 Å². The van der Waals surface area contributed by atoms with Crippen LogP contribution in [-0.4, -0.2) is 28.7 Å². The lowest BCUT2D eigenvalue weighted by atomic mass is 10.2. The van der Waals surface area contributed by atoms with Crippen LogP contribution in [0.5, 0.6) is 0 Å². The van der Waals surface area contributed by atoms with Gasteiger partial charge in [-0.25, -0.2) is 4.98 Å². The molecule has 0 aliphatic heterocycles. The van der Waals surface area contributed by atoms with Crippen LogP contribution < -0.4 is 5.32 Å². The third-order valence-corrected chi connectivity index (χ3v) is 1.43. The van der Waals surface area contributed by atoms with Crippen LogP contribution in [0.2, 0.25) is 0 Å². The summed E-state index contributed by atoms with van der Waals surface area (Å²) in [5.74, 6) is -0.562. The Kier molecular flexibility index (Phi) is 2.23. The highest BCUT2D eigenvalue weighted by Gasteiger charge is 2.15. The molecule has 0 radical (unpaired) electrons. The topological polar surface area (TPSA) is 74.8 Å². The Morgan fingerprint density at radius 1 is 1.58 bits per heavy atom. The number of aromatic amines is 1. The van der Waals surface area contributed by atoms with Crippen molar-refractivity contribution in [1.82, 2.24) is 15.3 Å². The van der Waals surface area contributed by atoms with E-state index in [1.165, 1.54) is 20.3 Å². The van der Waals surface area contributed by atoms with E-state index < -0.39 is 0 Å². The SMILES string of the molecule is CNC(=O)c1[nH]cnc1C(C)=O. The Bertz CT molecular complexity index is 316. The molecule has 2 N–H and O–H groups in total. The van der Waals surface area contributed by atoms with E-state index in [4.69, 9.17) is 0 Å². The van der Waals surface area contributed by atoms with Crippen LogP contribution in [0.1, 0.15) is 27.9 Å². The summed E-state index contributed by atoms with van der Waals surface area (Å²) < 4.78 is 0. The minimum atomic E-state index is -0.335. The van der Waals surface area contributed by atoms with Crippen LogP contribution in [0.4, 0.5) is 0 Å². The molecule has 1 rings (SSSR count). The first-order valence-corrected chi connectivity index (χ1v) is 3.43. The molecule has 0 atom stereocenters. The number of amides is 1. The quantitative estimate of drug-likeness (QED) is 0.607. The third kappa shape index (κ3) is 1.34. The first-order chi connectivity index (χ1) is 5.66. The summed E-state index contributed by atoms with van der Waals surface area (Å²) in [7, 11) is 1.49. The summed E-state index contributed by atoms with van der Waals surface area (Å²) in [4.78, 5) is 28.3. The maximum atomic E-state index is 11.1. The van der Waals surface area contributed by atoms with Crippen molar-refractivity contribution in [3.63, 3.8) is 0 Å². The lowest BCUT2D eigenvalue weighted by Gasteiger charge is -1.96. The van der Waals surface area contributed by atoms with Crippen LogP contribution in [0.15, 0.2) is 6.33 Å². The molecule has 1 amide bonds. The number of aromatic nitrogens is 2. The number of ketones is 1. The second-order valence-corrected chi connectivity index (χ2v) is 2.26. The fourth-order valence-corrected chi connectivity index (χ4v) is 0.859. The van der Waals surface area contributed by atoms with E-state index in [2.05, 4.69) is 15.3 Å². The largest absolute Gasteiger partial charge is 0.354 e. The van der Waals surface area contributed by atoms with Crippen molar-refractivity contribution in [3.8, 4) is 0 Å². The van der Waals surface area contributed by atoms with Crippen molar-refractivity contribution < 1.29 is 9.59 Å². The highest BCUT2D eigenvalue weighted by molar-refractivity contribution is 6.04. The fourth-order valence-electron chi connectivity index (χ4n) is 0.859. The van der Waals surface area contributed by atoms with Crippen LogP contribution in [0.3, 0.4) is 0 Å². The van der Waals surface area contributed by atoms with Gasteiger partial charge in [0.15, 0.2) is 5.78 Å². The third-order valence-electron chi connectivity index (χ3n) is 1.43. The van der Waals surface area contributed by atoms with E-state index in [9.17, 15) is 9.59 Å². The van der Waals surface area contributed by atoms with Gasteiger partial charge in [0.2, 0.25) is 0 Å². The van der Waals surface area contributed by atoms with Crippen molar-refractivity contribution in [2.24, 2.45) is 0 Å². The van der Waals surface area contributed by atoms with Crippen molar-refractivity contribution in [2.45, 2.75) is 6.92 Å². The van der Waals surface area contributed by atoms with Gasteiger partial charge in [-0.3, -0.25) is 9.59 Å². The van der Waals surface area contributed by atoms with Gasteiger partial charge in [0.1, 0.15) is 11.4 Å². The normalized spacial score (nSPS) is 9.50. The zero-order chi connectivity index (χ0) is 9.14. The lowest BCUT2D eigenvalue weighted by molar-refractivity contribution is 0.0941. The molecule has 5 heteroatoms. The number of Topliss-reactive ketones (excluding diaryl/α,β-unsaturated/α-hetero) is 1. The Balaban J connectivity index is 3.07. The molecule has 0 aliphatic rings. The minimum Gasteiger partial charge on any atom is -0.354 e. The highest BCUT2D eigenvalue weighted by atomic mass is 16.2. The fraction of sp³-hybridized carbons (Fsp3) is 0.286. The second kappa shape index (κ2) is 3.17. The number of carbonyl (C=O) groups excluding carboxylic acids is 2. The van der Waals surface area contributed by atoms with E-state index in [0.29, 0.717) is 0 Å². The van der Waals surface area contributed by atoms with Gasteiger partial charge in [0, 0.05) is 14.0 Å². The number of hydrogen-bond donors (Lipinski definition) is 2. The average molecular weight is 167 g/mol.